The smallest absolute Gasteiger partial charge is 0.232 e. The zero-order chi connectivity index (χ0) is 21.1. The summed E-state index contributed by atoms with van der Waals surface area (Å²) >= 11 is 0. The van der Waals surface area contributed by atoms with Gasteiger partial charge in [0.1, 0.15) is 0 Å². The fourth-order valence-electron chi connectivity index (χ4n) is 4.81. The van der Waals surface area contributed by atoms with Crippen LogP contribution in [0.3, 0.4) is 0 Å². The van der Waals surface area contributed by atoms with E-state index in [1.54, 1.807) is 0 Å². The average Bonchev–Trinajstić information content (AvgIpc) is 2.70. The first-order valence-electron chi connectivity index (χ1n) is 12.3. The van der Waals surface area contributed by atoms with Crippen LogP contribution in [0.2, 0.25) is 0 Å². The molecule has 3 heteroatoms. The molecule has 2 rings (SSSR count). The first-order chi connectivity index (χ1) is 14.0. The Morgan fingerprint density at radius 2 is 1.59 bits per heavy atom. The molecule has 0 saturated heterocycles. The summed E-state index contributed by atoms with van der Waals surface area (Å²) in [6, 6.07) is 10.0. The van der Waals surface area contributed by atoms with Crippen molar-refractivity contribution >= 4 is 12.7 Å². The maximum Gasteiger partial charge on any atom is 0.232 e. The lowest BCUT2D eigenvalue weighted by Crippen LogP contribution is -2.34. The summed E-state index contributed by atoms with van der Waals surface area (Å²) in [6.45, 7) is 9.17. The summed E-state index contributed by atoms with van der Waals surface area (Å²) in [4.78, 5) is 0. The van der Waals surface area contributed by atoms with Gasteiger partial charge in [-0.25, -0.2) is 0 Å². The van der Waals surface area contributed by atoms with Crippen molar-refractivity contribution in [3.05, 3.63) is 30.3 Å². The molecule has 1 aromatic carbocycles. The molecule has 0 bridgehead atoms. The van der Waals surface area contributed by atoms with Crippen molar-refractivity contribution in [2.45, 2.75) is 104 Å². The highest BCUT2D eigenvalue weighted by Gasteiger charge is 2.37. The van der Waals surface area contributed by atoms with Gasteiger partial charge in [-0.3, -0.25) is 4.57 Å². The Morgan fingerprint density at radius 3 is 2.21 bits per heavy atom. The molecular weight excluding hydrogens is 375 g/mol. The van der Waals surface area contributed by atoms with Crippen molar-refractivity contribution in [3.63, 3.8) is 0 Å². The van der Waals surface area contributed by atoms with Crippen LogP contribution in [-0.4, -0.2) is 12.3 Å². The predicted octanol–water partition coefficient (Wildman–Crippen LogP) is 8.21. The van der Waals surface area contributed by atoms with Crippen LogP contribution in [0.25, 0.3) is 0 Å². The van der Waals surface area contributed by atoms with E-state index in [1.807, 2.05) is 30.3 Å². The quantitative estimate of drug-likeness (QED) is 0.237. The highest BCUT2D eigenvalue weighted by molar-refractivity contribution is 7.67. The molecule has 0 unspecified atom stereocenters. The molecule has 4 atom stereocenters. The Balaban J connectivity index is 1.98. The Labute approximate surface area is 180 Å². The molecule has 29 heavy (non-hydrogen) atoms. The van der Waals surface area contributed by atoms with E-state index >= 15 is 0 Å². The Bertz CT molecular complexity index is 598. The second kappa shape index (κ2) is 13.0. The van der Waals surface area contributed by atoms with Gasteiger partial charge in [-0.15, -0.1) is 0 Å². The molecule has 1 aliphatic carbocycles. The van der Waals surface area contributed by atoms with Crippen LogP contribution in [0.5, 0.6) is 0 Å². The minimum Gasteiger partial charge on any atom is -0.322 e. The minimum absolute atomic E-state index is 0.138. The van der Waals surface area contributed by atoms with Gasteiger partial charge in [-0.2, -0.15) is 0 Å². The molecule has 0 spiro atoms. The second-order valence-corrected chi connectivity index (χ2v) is 12.2. The summed E-state index contributed by atoms with van der Waals surface area (Å²) in [6.07, 6.45) is 14.5. The van der Waals surface area contributed by atoms with Crippen LogP contribution in [0.4, 0.5) is 0 Å². The average molecular weight is 421 g/mol. The SMILES string of the molecule is CCCCCCCCCC[P@](=O)(O[C@@H]1C[C@H](C)CC[C@H]1C(C)C)c1ccccc1. The normalized spacial score (nSPS) is 24.5. The third-order valence-electron chi connectivity index (χ3n) is 6.72. The van der Waals surface area contributed by atoms with Crippen LogP contribution in [0.15, 0.2) is 30.3 Å². The van der Waals surface area contributed by atoms with Gasteiger partial charge >= 0.3 is 0 Å². The fraction of sp³-hybridized carbons (Fsp3) is 0.769. The van der Waals surface area contributed by atoms with Crippen molar-refractivity contribution in [1.82, 2.24) is 0 Å². The number of hydrogen-bond donors (Lipinski definition) is 0. The van der Waals surface area contributed by atoms with E-state index < -0.39 is 7.37 Å². The predicted molar refractivity (Wildman–Crippen MR) is 127 cm³/mol. The van der Waals surface area contributed by atoms with Crippen molar-refractivity contribution in [3.8, 4) is 0 Å². The molecule has 1 aromatic rings. The van der Waals surface area contributed by atoms with Crippen LogP contribution in [0, 0.1) is 17.8 Å². The zero-order valence-electron chi connectivity index (χ0n) is 19.4. The van der Waals surface area contributed by atoms with Crippen LogP contribution in [-0.2, 0) is 9.09 Å². The van der Waals surface area contributed by atoms with Gasteiger partial charge in [0, 0.05) is 11.5 Å². The molecular formula is C26H45O2P. The van der Waals surface area contributed by atoms with E-state index in [-0.39, 0.29) is 6.10 Å². The molecule has 0 heterocycles. The number of rotatable bonds is 13. The summed E-state index contributed by atoms with van der Waals surface area (Å²) < 4.78 is 20.7. The van der Waals surface area contributed by atoms with E-state index in [0.717, 1.165) is 18.1 Å². The van der Waals surface area contributed by atoms with Gasteiger partial charge in [0.05, 0.1) is 6.10 Å². The van der Waals surface area contributed by atoms with Gasteiger partial charge in [-0.1, -0.05) is 97.3 Å². The van der Waals surface area contributed by atoms with Gasteiger partial charge < -0.3 is 4.52 Å². The molecule has 1 fully saturated rings. The van der Waals surface area contributed by atoms with E-state index in [4.69, 9.17) is 4.52 Å². The third kappa shape index (κ3) is 8.22. The third-order valence-corrected chi connectivity index (χ3v) is 9.32. The van der Waals surface area contributed by atoms with Crippen molar-refractivity contribution in [2.24, 2.45) is 17.8 Å². The maximum absolute atomic E-state index is 14.1. The highest BCUT2D eigenvalue weighted by Crippen LogP contribution is 2.51. The Hall–Kier alpha value is -0.590. The Morgan fingerprint density at radius 1 is 0.966 bits per heavy atom. The standard InChI is InChI=1S/C26H45O2P/c1-5-6-7-8-9-10-11-15-20-29(27,24-16-13-12-14-17-24)28-26-21-23(4)18-19-25(26)22(2)3/h12-14,16-17,22-23,25-26H,5-11,15,18-21H2,1-4H3/t23-,25+,26-,29+/m1/s1. The van der Waals surface area contributed by atoms with Crippen LogP contribution < -0.4 is 5.30 Å². The monoisotopic (exact) mass is 420 g/mol. The Kier molecular flexibility index (Phi) is 11.0. The topological polar surface area (TPSA) is 26.3 Å². The molecule has 1 saturated carbocycles. The van der Waals surface area contributed by atoms with Crippen molar-refractivity contribution in [1.29, 1.82) is 0 Å². The molecule has 0 amide bonds. The molecule has 0 aliphatic heterocycles. The summed E-state index contributed by atoms with van der Waals surface area (Å²) in [5.41, 5.74) is 0. The van der Waals surface area contributed by atoms with Gasteiger partial charge in [-0.05, 0) is 49.1 Å². The second-order valence-electron chi connectivity index (χ2n) is 9.68. The van der Waals surface area contributed by atoms with Crippen LogP contribution in [0.1, 0.15) is 98.3 Å². The molecule has 166 valence electrons. The van der Waals surface area contributed by atoms with E-state index in [9.17, 15) is 4.57 Å². The summed E-state index contributed by atoms with van der Waals surface area (Å²) in [7, 11) is -2.81. The molecule has 0 N–H and O–H groups in total. The van der Waals surface area contributed by atoms with E-state index in [1.165, 1.54) is 57.8 Å². The fourth-order valence-corrected chi connectivity index (χ4v) is 7.24. The lowest BCUT2D eigenvalue weighted by atomic mass is 9.75. The molecule has 0 radical (unpaired) electrons. The summed E-state index contributed by atoms with van der Waals surface area (Å²) in [5.74, 6) is 1.78. The largest absolute Gasteiger partial charge is 0.322 e. The summed E-state index contributed by atoms with van der Waals surface area (Å²) in [5, 5.41) is 0.920. The lowest BCUT2D eigenvalue weighted by Gasteiger charge is -2.39. The van der Waals surface area contributed by atoms with E-state index in [0.29, 0.717) is 23.9 Å². The molecule has 2 nitrogen and oxygen atoms in total. The first-order valence-corrected chi connectivity index (χ1v) is 14.1. The maximum atomic E-state index is 14.1. The van der Waals surface area contributed by atoms with Crippen molar-refractivity contribution in [2.75, 3.05) is 6.16 Å². The first kappa shape index (κ1) is 24.7. The number of hydrogen-bond acceptors (Lipinski definition) is 2. The highest BCUT2D eigenvalue weighted by atomic mass is 31.2. The van der Waals surface area contributed by atoms with Crippen molar-refractivity contribution < 1.29 is 9.09 Å². The number of benzene rings is 1. The van der Waals surface area contributed by atoms with Gasteiger partial charge in [0.25, 0.3) is 0 Å². The number of unbranched alkanes of at least 4 members (excludes halogenated alkanes) is 7. The minimum atomic E-state index is -2.81. The van der Waals surface area contributed by atoms with Gasteiger partial charge in [0.15, 0.2) is 0 Å². The lowest BCUT2D eigenvalue weighted by molar-refractivity contribution is 0.0498. The molecule has 1 aliphatic rings. The van der Waals surface area contributed by atoms with Gasteiger partial charge in [0.2, 0.25) is 7.37 Å². The van der Waals surface area contributed by atoms with E-state index in [2.05, 4.69) is 27.7 Å². The van der Waals surface area contributed by atoms with Crippen LogP contribution >= 0.6 is 7.37 Å². The molecule has 0 aromatic heterocycles. The zero-order valence-corrected chi connectivity index (χ0v) is 20.3.